The van der Waals surface area contributed by atoms with Crippen LogP contribution in [-0.4, -0.2) is 42.8 Å². The summed E-state index contributed by atoms with van der Waals surface area (Å²) < 4.78 is 5.43. The average molecular weight is 343 g/mol. The molecule has 1 saturated heterocycles. The largest absolute Gasteiger partial charge is 0.444 e. The lowest BCUT2D eigenvalue weighted by molar-refractivity contribution is 0.0184. The number of nitrogens with one attached hydrogen (secondary N) is 1. The zero-order valence-corrected chi connectivity index (χ0v) is 15.5. The van der Waals surface area contributed by atoms with Gasteiger partial charge in [-0.25, -0.2) is 4.79 Å². The number of nitriles is 1. The van der Waals surface area contributed by atoms with Gasteiger partial charge >= 0.3 is 6.09 Å². The molecule has 1 N–H and O–H groups in total. The van der Waals surface area contributed by atoms with Crippen LogP contribution < -0.4 is 5.32 Å². The predicted molar refractivity (Wildman–Crippen MR) is 98.3 cm³/mol. The number of amides is 1. The van der Waals surface area contributed by atoms with E-state index in [1.807, 2.05) is 43.9 Å². The topological polar surface area (TPSA) is 65.4 Å². The molecule has 5 heteroatoms. The standard InChI is InChI=1S/C20H29N3O2/c1-20(2,3)25-19(24)23-11-8-17(9-12-23)15-22-10-7-16-5-4-6-18(13-16)14-21/h4-6,13,17,22H,7-12,15H2,1-3H3. The van der Waals surface area contributed by atoms with Crippen molar-refractivity contribution in [1.29, 1.82) is 5.26 Å². The smallest absolute Gasteiger partial charge is 0.410 e. The van der Waals surface area contributed by atoms with Gasteiger partial charge < -0.3 is 15.0 Å². The van der Waals surface area contributed by atoms with Crippen molar-refractivity contribution < 1.29 is 9.53 Å². The van der Waals surface area contributed by atoms with Crippen LogP contribution in [0.5, 0.6) is 0 Å². The first-order valence-electron chi connectivity index (χ1n) is 9.05. The fourth-order valence-corrected chi connectivity index (χ4v) is 2.98. The normalized spacial score (nSPS) is 15.7. The zero-order valence-electron chi connectivity index (χ0n) is 15.5. The number of nitrogens with zero attached hydrogens (tertiary/aromatic N) is 2. The molecule has 1 aromatic rings. The molecule has 25 heavy (non-hydrogen) atoms. The van der Waals surface area contributed by atoms with Gasteiger partial charge in [-0.05, 0) is 76.7 Å². The van der Waals surface area contributed by atoms with E-state index in [9.17, 15) is 4.79 Å². The van der Waals surface area contributed by atoms with E-state index in [0.29, 0.717) is 11.5 Å². The highest BCUT2D eigenvalue weighted by Crippen LogP contribution is 2.19. The van der Waals surface area contributed by atoms with E-state index in [0.717, 1.165) is 45.4 Å². The molecule has 1 aliphatic rings. The summed E-state index contributed by atoms with van der Waals surface area (Å²) in [4.78, 5) is 13.9. The van der Waals surface area contributed by atoms with Gasteiger partial charge in [0.2, 0.25) is 0 Å². The molecule has 0 aliphatic carbocycles. The van der Waals surface area contributed by atoms with Gasteiger partial charge in [-0.2, -0.15) is 5.26 Å². The fraction of sp³-hybridized carbons (Fsp3) is 0.600. The Morgan fingerprint density at radius 2 is 2.08 bits per heavy atom. The Morgan fingerprint density at radius 1 is 1.36 bits per heavy atom. The molecule has 0 radical (unpaired) electrons. The Hall–Kier alpha value is -2.06. The maximum Gasteiger partial charge on any atom is 0.410 e. The van der Waals surface area contributed by atoms with E-state index in [4.69, 9.17) is 10.00 Å². The molecule has 1 heterocycles. The van der Waals surface area contributed by atoms with Crippen molar-refractivity contribution in [2.45, 2.75) is 45.6 Å². The Kier molecular flexibility index (Phi) is 6.83. The van der Waals surface area contributed by atoms with E-state index < -0.39 is 5.60 Å². The number of hydrogen-bond acceptors (Lipinski definition) is 4. The first-order valence-corrected chi connectivity index (χ1v) is 9.05. The third kappa shape index (κ3) is 6.75. The lowest BCUT2D eigenvalue weighted by Crippen LogP contribution is -2.43. The Bertz CT molecular complexity index is 608. The van der Waals surface area contributed by atoms with Crippen molar-refractivity contribution in [2.24, 2.45) is 5.92 Å². The number of rotatable bonds is 5. The van der Waals surface area contributed by atoms with Gasteiger partial charge in [-0.1, -0.05) is 12.1 Å². The van der Waals surface area contributed by atoms with Gasteiger partial charge in [0.05, 0.1) is 11.6 Å². The number of likely N-dealkylation sites (tertiary alicyclic amines) is 1. The molecule has 1 amide bonds. The molecular formula is C20H29N3O2. The van der Waals surface area contributed by atoms with Crippen molar-refractivity contribution >= 4 is 6.09 Å². The highest BCUT2D eigenvalue weighted by molar-refractivity contribution is 5.68. The second-order valence-electron chi connectivity index (χ2n) is 7.68. The second kappa shape index (κ2) is 8.87. The van der Waals surface area contributed by atoms with Gasteiger partial charge in [0.15, 0.2) is 0 Å². The van der Waals surface area contributed by atoms with Crippen molar-refractivity contribution in [3.63, 3.8) is 0 Å². The van der Waals surface area contributed by atoms with Crippen LogP contribution in [0.3, 0.4) is 0 Å². The number of piperidine rings is 1. The van der Waals surface area contributed by atoms with Crippen LogP contribution in [0.1, 0.15) is 44.7 Å². The van der Waals surface area contributed by atoms with Crippen LogP contribution in [0.4, 0.5) is 4.79 Å². The third-order valence-electron chi connectivity index (χ3n) is 4.35. The van der Waals surface area contributed by atoms with Crippen molar-refractivity contribution in [3.05, 3.63) is 35.4 Å². The molecule has 136 valence electrons. The van der Waals surface area contributed by atoms with Crippen molar-refractivity contribution in [3.8, 4) is 6.07 Å². The van der Waals surface area contributed by atoms with Crippen molar-refractivity contribution in [1.82, 2.24) is 10.2 Å². The molecule has 0 spiro atoms. The number of ether oxygens (including phenoxy) is 1. The van der Waals surface area contributed by atoms with Gasteiger partial charge in [0, 0.05) is 13.1 Å². The predicted octanol–water partition coefficient (Wildman–Crippen LogP) is 3.34. The average Bonchev–Trinajstić information content (AvgIpc) is 2.58. The SMILES string of the molecule is CC(C)(C)OC(=O)N1CCC(CNCCc2cccc(C#N)c2)CC1. The lowest BCUT2D eigenvalue weighted by atomic mass is 9.97. The van der Waals surface area contributed by atoms with Crippen LogP contribution in [-0.2, 0) is 11.2 Å². The molecule has 0 unspecified atom stereocenters. The van der Waals surface area contributed by atoms with Crippen LogP contribution >= 0.6 is 0 Å². The summed E-state index contributed by atoms with van der Waals surface area (Å²) in [6.45, 7) is 9.11. The van der Waals surface area contributed by atoms with Crippen LogP contribution in [0.15, 0.2) is 24.3 Å². The zero-order chi connectivity index (χ0) is 18.3. The number of hydrogen-bond donors (Lipinski definition) is 1. The summed E-state index contributed by atoms with van der Waals surface area (Å²) in [7, 11) is 0. The minimum atomic E-state index is -0.432. The van der Waals surface area contributed by atoms with E-state index in [1.165, 1.54) is 5.56 Å². The van der Waals surface area contributed by atoms with Gasteiger partial charge in [0.25, 0.3) is 0 Å². The van der Waals surface area contributed by atoms with Gasteiger partial charge in [0.1, 0.15) is 5.60 Å². The third-order valence-corrected chi connectivity index (χ3v) is 4.35. The summed E-state index contributed by atoms with van der Waals surface area (Å²) in [6.07, 6.45) is 2.75. The molecule has 2 rings (SSSR count). The molecule has 1 aromatic carbocycles. The van der Waals surface area contributed by atoms with E-state index in [-0.39, 0.29) is 6.09 Å². The summed E-state index contributed by atoms with van der Waals surface area (Å²) in [5.74, 6) is 0.601. The molecule has 0 atom stereocenters. The molecule has 1 fully saturated rings. The molecule has 5 nitrogen and oxygen atoms in total. The molecule has 1 aliphatic heterocycles. The Morgan fingerprint density at radius 3 is 2.72 bits per heavy atom. The van der Waals surface area contributed by atoms with Crippen LogP contribution in [0, 0.1) is 17.2 Å². The number of benzene rings is 1. The first kappa shape index (κ1) is 19.3. The summed E-state index contributed by atoms with van der Waals surface area (Å²) in [6, 6.07) is 9.94. The molecule has 0 saturated carbocycles. The Balaban J connectivity index is 1.64. The van der Waals surface area contributed by atoms with Crippen LogP contribution in [0.25, 0.3) is 0 Å². The fourth-order valence-electron chi connectivity index (χ4n) is 2.98. The summed E-state index contributed by atoms with van der Waals surface area (Å²) in [5, 5.41) is 12.4. The van der Waals surface area contributed by atoms with Crippen molar-refractivity contribution in [2.75, 3.05) is 26.2 Å². The van der Waals surface area contributed by atoms with E-state index >= 15 is 0 Å². The van der Waals surface area contributed by atoms with Gasteiger partial charge in [-0.15, -0.1) is 0 Å². The number of carbonyl (C=O) groups is 1. The lowest BCUT2D eigenvalue weighted by Gasteiger charge is -2.33. The van der Waals surface area contributed by atoms with Crippen LogP contribution in [0.2, 0.25) is 0 Å². The summed E-state index contributed by atoms with van der Waals surface area (Å²) >= 11 is 0. The van der Waals surface area contributed by atoms with E-state index in [2.05, 4.69) is 17.5 Å². The maximum absolute atomic E-state index is 12.1. The maximum atomic E-state index is 12.1. The minimum Gasteiger partial charge on any atom is -0.444 e. The van der Waals surface area contributed by atoms with Gasteiger partial charge in [-0.3, -0.25) is 0 Å². The second-order valence-corrected chi connectivity index (χ2v) is 7.68. The summed E-state index contributed by atoms with van der Waals surface area (Å²) in [5.41, 5.74) is 1.47. The highest BCUT2D eigenvalue weighted by atomic mass is 16.6. The van der Waals surface area contributed by atoms with E-state index in [1.54, 1.807) is 0 Å². The minimum absolute atomic E-state index is 0.198. The highest BCUT2D eigenvalue weighted by Gasteiger charge is 2.26. The molecule has 0 bridgehead atoms. The molecule has 0 aromatic heterocycles. The molecular weight excluding hydrogens is 314 g/mol. The monoisotopic (exact) mass is 343 g/mol. The first-order chi connectivity index (χ1) is 11.9. The Labute approximate surface area is 151 Å². The quantitative estimate of drug-likeness (QED) is 0.833. The number of carbonyl (C=O) groups excluding carboxylic acids is 1.